The monoisotopic (exact) mass is 440 g/mol. The maximum Gasteiger partial charge on any atom is 0.338 e. The Kier molecular flexibility index (Phi) is 6.09. The molecule has 1 heterocycles. The fourth-order valence-corrected chi connectivity index (χ4v) is 3.77. The van der Waals surface area contributed by atoms with Crippen LogP contribution in [0.4, 0.5) is 5.69 Å². The molecule has 6 heteroatoms. The summed E-state index contributed by atoms with van der Waals surface area (Å²) in [7, 11) is 0. The number of aromatic hydroxyl groups is 1. The zero-order chi connectivity index (χ0) is 23.5. The van der Waals surface area contributed by atoms with Crippen LogP contribution in [0.3, 0.4) is 0 Å². The number of rotatable bonds is 5. The van der Waals surface area contributed by atoms with Gasteiger partial charge in [0.15, 0.2) is 0 Å². The maximum absolute atomic E-state index is 13.3. The maximum atomic E-state index is 13.3. The van der Waals surface area contributed by atoms with Crippen LogP contribution in [0.25, 0.3) is 16.5 Å². The number of carbonyl (C=O) groups excluding carboxylic acids is 1. The van der Waals surface area contributed by atoms with Crippen LogP contribution in [-0.2, 0) is 4.74 Å². The van der Waals surface area contributed by atoms with Gasteiger partial charge in [-0.1, -0.05) is 35.9 Å². The molecule has 0 aliphatic heterocycles. The first-order valence-corrected chi connectivity index (χ1v) is 10.7. The van der Waals surface area contributed by atoms with Crippen molar-refractivity contribution in [3.63, 3.8) is 0 Å². The number of ether oxygens (including phenoxy) is 1. The Morgan fingerprint density at radius 3 is 2.39 bits per heavy atom. The molecule has 0 atom stereocenters. The summed E-state index contributed by atoms with van der Waals surface area (Å²) in [5, 5.41) is 12.2. The van der Waals surface area contributed by atoms with E-state index in [0.29, 0.717) is 27.6 Å². The second-order valence-electron chi connectivity index (χ2n) is 7.74. The van der Waals surface area contributed by atoms with Crippen LogP contribution in [0.15, 0.2) is 76.5 Å². The van der Waals surface area contributed by atoms with Gasteiger partial charge in [0, 0.05) is 17.0 Å². The molecule has 3 aromatic carbocycles. The highest BCUT2D eigenvalue weighted by Crippen LogP contribution is 2.27. The number of nitrogens with zero attached hydrogens (tertiary/aromatic N) is 2. The van der Waals surface area contributed by atoms with Gasteiger partial charge in [-0.3, -0.25) is 9.79 Å². The largest absolute Gasteiger partial charge is 0.494 e. The number of aromatic nitrogens is 1. The normalized spacial score (nSPS) is 11.2. The second-order valence-corrected chi connectivity index (χ2v) is 7.74. The van der Waals surface area contributed by atoms with Gasteiger partial charge < -0.3 is 9.84 Å². The molecule has 33 heavy (non-hydrogen) atoms. The van der Waals surface area contributed by atoms with E-state index in [-0.39, 0.29) is 18.0 Å². The summed E-state index contributed by atoms with van der Waals surface area (Å²) in [5.41, 5.74) is 3.79. The van der Waals surface area contributed by atoms with E-state index in [9.17, 15) is 14.7 Å². The van der Waals surface area contributed by atoms with E-state index < -0.39 is 5.97 Å². The van der Waals surface area contributed by atoms with Crippen molar-refractivity contribution >= 4 is 28.6 Å². The molecule has 0 saturated heterocycles. The van der Waals surface area contributed by atoms with Crippen molar-refractivity contribution in [2.75, 3.05) is 6.61 Å². The fourth-order valence-electron chi connectivity index (χ4n) is 3.77. The fraction of sp³-hybridized carbons (Fsp3) is 0.148. The minimum absolute atomic E-state index is 0.226. The Morgan fingerprint density at radius 1 is 1.03 bits per heavy atom. The molecule has 4 rings (SSSR count). The first kappa shape index (κ1) is 22.0. The van der Waals surface area contributed by atoms with Crippen LogP contribution in [0.2, 0.25) is 0 Å². The predicted octanol–water partition coefficient (Wildman–Crippen LogP) is 5.24. The standard InChI is InChI=1S/C27H24N2O4/c1-4-33-27(32)19-10-12-20(13-11-19)29-25(30)22-8-6-5-7-21(22)23(26(29)31)16-28-24-14-9-17(2)15-18(24)3/h5-16,31H,4H2,1-3H3. The Balaban J connectivity index is 1.87. The molecule has 1 aromatic heterocycles. The highest BCUT2D eigenvalue weighted by Gasteiger charge is 2.17. The molecule has 1 N–H and O–H groups in total. The zero-order valence-electron chi connectivity index (χ0n) is 18.7. The van der Waals surface area contributed by atoms with Gasteiger partial charge in [0.1, 0.15) is 0 Å². The summed E-state index contributed by atoms with van der Waals surface area (Å²) in [5.74, 6) is -0.670. The van der Waals surface area contributed by atoms with Gasteiger partial charge in [0.05, 0.1) is 29.1 Å². The quantitative estimate of drug-likeness (QED) is 0.340. The van der Waals surface area contributed by atoms with Gasteiger partial charge in [-0.25, -0.2) is 9.36 Å². The number of aliphatic imine (C=N–C) groups is 1. The van der Waals surface area contributed by atoms with E-state index in [0.717, 1.165) is 16.8 Å². The number of fused-ring (bicyclic) bond motifs is 1. The molecule has 0 aliphatic rings. The lowest BCUT2D eigenvalue weighted by molar-refractivity contribution is 0.0526. The average Bonchev–Trinajstić information content (AvgIpc) is 2.81. The highest BCUT2D eigenvalue weighted by molar-refractivity contribution is 6.02. The van der Waals surface area contributed by atoms with Crippen LogP contribution < -0.4 is 5.56 Å². The summed E-state index contributed by atoms with van der Waals surface area (Å²) in [6, 6.07) is 19.4. The van der Waals surface area contributed by atoms with Gasteiger partial charge in [-0.2, -0.15) is 0 Å². The number of aryl methyl sites for hydroxylation is 2. The highest BCUT2D eigenvalue weighted by atomic mass is 16.5. The molecular weight excluding hydrogens is 416 g/mol. The van der Waals surface area contributed by atoms with Crippen LogP contribution in [-0.4, -0.2) is 28.5 Å². The first-order chi connectivity index (χ1) is 15.9. The van der Waals surface area contributed by atoms with Crippen LogP contribution in [0.5, 0.6) is 5.88 Å². The molecule has 0 fully saturated rings. The zero-order valence-corrected chi connectivity index (χ0v) is 18.7. The van der Waals surface area contributed by atoms with Gasteiger partial charge in [-0.05, 0) is 62.7 Å². The van der Waals surface area contributed by atoms with Crippen molar-refractivity contribution in [3.05, 3.63) is 99.3 Å². The smallest absolute Gasteiger partial charge is 0.338 e. The minimum atomic E-state index is -0.444. The molecule has 0 spiro atoms. The van der Waals surface area contributed by atoms with Gasteiger partial charge in [-0.15, -0.1) is 0 Å². The summed E-state index contributed by atoms with van der Waals surface area (Å²) >= 11 is 0. The molecule has 0 bridgehead atoms. The number of benzene rings is 3. The molecule has 0 unspecified atom stereocenters. The summed E-state index contributed by atoms with van der Waals surface area (Å²) < 4.78 is 6.24. The van der Waals surface area contributed by atoms with Crippen molar-refractivity contribution in [2.45, 2.75) is 20.8 Å². The first-order valence-electron chi connectivity index (χ1n) is 10.7. The number of esters is 1. The van der Waals surface area contributed by atoms with E-state index in [1.165, 1.54) is 4.57 Å². The third-order valence-electron chi connectivity index (χ3n) is 5.43. The lowest BCUT2D eigenvalue weighted by Crippen LogP contribution is -2.20. The molecule has 0 radical (unpaired) electrons. The topological polar surface area (TPSA) is 80.9 Å². The number of pyridine rings is 1. The Hall–Kier alpha value is -4.19. The second kappa shape index (κ2) is 9.12. The number of hydrogen-bond donors (Lipinski definition) is 1. The molecule has 0 aliphatic carbocycles. The number of hydrogen-bond acceptors (Lipinski definition) is 5. The molecule has 6 nitrogen and oxygen atoms in total. The predicted molar refractivity (Wildman–Crippen MR) is 130 cm³/mol. The van der Waals surface area contributed by atoms with Gasteiger partial charge in [0.2, 0.25) is 5.88 Å². The summed E-state index contributed by atoms with van der Waals surface area (Å²) in [6.45, 7) is 6.00. The van der Waals surface area contributed by atoms with E-state index in [1.807, 2.05) is 38.1 Å². The van der Waals surface area contributed by atoms with Crippen LogP contribution in [0.1, 0.15) is 34.0 Å². The Labute approximate surface area is 191 Å². The average molecular weight is 440 g/mol. The molecular formula is C27H24N2O4. The van der Waals surface area contributed by atoms with E-state index in [1.54, 1.807) is 55.6 Å². The van der Waals surface area contributed by atoms with Crippen molar-refractivity contribution in [3.8, 4) is 11.6 Å². The number of carbonyl (C=O) groups is 1. The summed E-state index contributed by atoms with van der Waals surface area (Å²) in [6.07, 6.45) is 1.58. The van der Waals surface area contributed by atoms with Crippen molar-refractivity contribution in [2.24, 2.45) is 4.99 Å². The molecule has 0 amide bonds. The molecule has 4 aromatic rings. The van der Waals surface area contributed by atoms with Gasteiger partial charge >= 0.3 is 5.97 Å². The van der Waals surface area contributed by atoms with Crippen molar-refractivity contribution in [1.29, 1.82) is 0 Å². The van der Waals surface area contributed by atoms with E-state index >= 15 is 0 Å². The SMILES string of the molecule is CCOC(=O)c1ccc(-n2c(O)c(C=Nc3ccc(C)cc3C)c3ccccc3c2=O)cc1. The molecule has 0 saturated carbocycles. The molecule has 166 valence electrons. The van der Waals surface area contributed by atoms with Crippen molar-refractivity contribution in [1.82, 2.24) is 4.57 Å². The van der Waals surface area contributed by atoms with Crippen molar-refractivity contribution < 1.29 is 14.6 Å². The minimum Gasteiger partial charge on any atom is -0.494 e. The van der Waals surface area contributed by atoms with Gasteiger partial charge in [0.25, 0.3) is 5.56 Å². The Morgan fingerprint density at radius 2 is 1.73 bits per heavy atom. The summed E-state index contributed by atoms with van der Waals surface area (Å²) in [4.78, 5) is 29.8. The van der Waals surface area contributed by atoms with E-state index in [4.69, 9.17) is 4.74 Å². The lowest BCUT2D eigenvalue weighted by Gasteiger charge is -2.14. The van der Waals surface area contributed by atoms with Crippen LogP contribution >= 0.6 is 0 Å². The van der Waals surface area contributed by atoms with Crippen LogP contribution in [0, 0.1) is 13.8 Å². The van der Waals surface area contributed by atoms with E-state index in [2.05, 4.69) is 4.99 Å². The third-order valence-corrected chi connectivity index (χ3v) is 5.43. The lowest BCUT2D eigenvalue weighted by atomic mass is 10.1. The Bertz CT molecular complexity index is 1430. The third kappa shape index (κ3) is 4.28.